The summed E-state index contributed by atoms with van der Waals surface area (Å²) in [6, 6.07) is -0.472. The van der Waals surface area contributed by atoms with Gasteiger partial charge in [-0.25, -0.2) is 4.79 Å². The number of hydrogen-bond donors (Lipinski definition) is 1. The van der Waals surface area contributed by atoms with E-state index in [1.165, 1.54) is 0 Å². The highest BCUT2D eigenvalue weighted by Crippen LogP contribution is 2.15. The molecule has 0 aromatic heterocycles. The second-order valence-corrected chi connectivity index (χ2v) is 5.61. The number of amides is 1. The number of carbonyl (C=O) groups is 2. The van der Waals surface area contributed by atoms with Crippen LogP contribution in [0.4, 0.5) is 0 Å². The van der Waals surface area contributed by atoms with Gasteiger partial charge < -0.3 is 10.1 Å². The van der Waals surface area contributed by atoms with E-state index in [0.717, 1.165) is 25.7 Å². The molecule has 0 bridgehead atoms. The third-order valence-corrected chi connectivity index (χ3v) is 2.67. The molecule has 1 aliphatic heterocycles. The maximum Gasteiger partial charge on any atom is 0.329 e. The third kappa shape index (κ3) is 5.71. The number of ether oxygens (including phenoxy) is 1. The van der Waals surface area contributed by atoms with E-state index in [1.807, 2.05) is 20.8 Å². The molecule has 1 saturated heterocycles. The highest BCUT2D eigenvalue weighted by Gasteiger charge is 2.26. The molecule has 1 rings (SSSR count). The summed E-state index contributed by atoms with van der Waals surface area (Å²) in [4.78, 5) is 23.4. The fraction of sp³-hybridized carbons (Fsp3) is 0.846. The first-order valence-electron chi connectivity index (χ1n) is 6.41. The molecule has 0 saturated carbocycles. The quantitative estimate of drug-likeness (QED) is 0.716. The fourth-order valence-electron chi connectivity index (χ4n) is 1.88. The van der Waals surface area contributed by atoms with E-state index in [-0.39, 0.29) is 11.9 Å². The molecule has 1 amide bonds. The maximum atomic E-state index is 11.9. The molecular formula is C13H23NO3. The molecule has 0 aromatic carbocycles. The SMILES string of the molecule is CC(C)(C)OC(=O)C1CCCCCCC(=O)N1. The molecule has 0 radical (unpaired) electrons. The van der Waals surface area contributed by atoms with Crippen LogP contribution in [-0.4, -0.2) is 23.5 Å². The minimum Gasteiger partial charge on any atom is -0.458 e. The van der Waals surface area contributed by atoms with Crippen molar-refractivity contribution in [3.8, 4) is 0 Å². The van der Waals surface area contributed by atoms with Gasteiger partial charge in [-0.3, -0.25) is 4.79 Å². The average molecular weight is 241 g/mol. The van der Waals surface area contributed by atoms with Crippen LogP contribution < -0.4 is 5.32 Å². The van der Waals surface area contributed by atoms with Crippen molar-refractivity contribution >= 4 is 11.9 Å². The van der Waals surface area contributed by atoms with E-state index in [1.54, 1.807) is 0 Å². The Balaban J connectivity index is 2.58. The van der Waals surface area contributed by atoms with E-state index in [9.17, 15) is 9.59 Å². The monoisotopic (exact) mass is 241 g/mol. The van der Waals surface area contributed by atoms with E-state index in [0.29, 0.717) is 12.8 Å². The average Bonchev–Trinajstić information content (AvgIpc) is 2.27. The Hall–Kier alpha value is -1.06. The first-order chi connectivity index (χ1) is 7.88. The molecule has 1 heterocycles. The smallest absolute Gasteiger partial charge is 0.329 e. The first kappa shape index (κ1) is 14.0. The minimum atomic E-state index is -0.500. The third-order valence-electron chi connectivity index (χ3n) is 2.67. The maximum absolute atomic E-state index is 11.9. The van der Waals surface area contributed by atoms with Crippen LogP contribution >= 0.6 is 0 Å². The number of carbonyl (C=O) groups excluding carboxylic acids is 2. The first-order valence-corrected chi connectivity index (χ1v) is 6.41. The van der Waals surface area contributed by atoms with Crippen molar-refractivity contribution in [2.45, 2.75) is 70.9 Å². The minimum absolute atomic E-state index is 0.0391. The summed E-state index contributed by atoms with van der Waals surface area (Å²) < 4.78 is 5.31. The largest absolute Gasteiger partial charge is 0.458 e. The van der Waals surface area contributed by atoms with Crippen LogP contribution in [0.1, 0.15) is 59.3 Å². The van der Waals surface area contributed by atoms with Crippen LogP contribution in [-0.2, 0) is 14.3 Å². The van der Waals surface area contributed by atoms with E-state index in [4.69, 9.17) is 4.74 Å². The second-order valence-electron chi connectivity index (χ2n) is 5.61. The Bertz CT molecular complexity index is 281. The van der Waals surface area contributed by atoms with Gasteiger partial charge in [0.15, 0.2) is 0 Å². The Morgan fingerprint density at radius 1 is 1.24 bits per heavy atom. The predicted octanol–water partition coefficient (Wildman–Crippen LogP) is 2.17. The van der Waals surface area contributed by atoms with Gasteiger partial charge in [0.1, 0.15) is 11.6 Å². The molecule has 4 nitrogen and oxygen atoms in total. The van der Waals surface area contributed by atoms with E-state index < -0.39 is 11.6 Å². The summed E-state index contributed by atoms with van der Waals surface area (Å²) in [6.07, 6.45) is 5.21. The molecule has 1 N–H and O–H groups in total. The van der Waals surface area contributed by atoms with Crippen LogP contribution in [0.25, 0.3) is 0 Å². The number of nitrogens with one attached hydrogen (secondary N) is 1. The Kier molecular flexibility index (Phi) is 4.97. The zero-order valence-electron chi connectivity index (χ0n) is 11.0. The number of hydrogen-bond acceptors (Lipinski definition) is 3. The van der Waals surface area contributed by atoms with Crippen molar-refractivity contribution in [1.29, 1.82) is 0 Å². The summed E-state index contributed by atoms with van der Waals surface area (Å²) >= 11 is 0. The molecule has 1 fully saturated rings. The molecule has 0 spiro atoms. The Morgan fingerprint density at radius 2 is 1.88 bits per heavy atom. The van der Waals surface area contributed by atoms with Crippen molar-refractivity contribution in [2.24, 2.45) is 0 Å². The Labute approximate surface area is 103 Å². The zero-order chi connectivity index (χ0) is 12.9. The topological polar surface area (TPSA) is 55.4 Å². The van der Waals surface area contributed by atoms with Gasteiger partial charge in [-0.15, -0.1) is 0 Å². The summed E-state index contributed by atoms with van der Waals surface area (Å²) in [5.41, 5.74) is -0.500. The summed E-state index contributed by atoms with van der Waals surface area (Å²) in [5.74, 6) is -0.351. The van der Waals surface area contributed by atoms with Gasteiger partial charge >= 0.3 is 5.97 Å². The highest BCUT2D eigenvalue weighted by molar-refractivity contribution is 5.84. The van der Waals surface area contributed by atoms with Crippen LogP contribution in [0, 0.1) is 0 Å². The van der Waals surface area contributed by atoms with Gasteiger partial charge in [-0.2, -0.15) is 0 Å². The van der Waals surface area contributed by atoms with Crippen LogP contribution in [0.5, 0.6) is 0 Å². The molecular weight excluding hydrogens is 218 g/mol. The molecule has 1 unspecified atom stereocenters. The van der Waals surface area contributed by atoms with Crippen molar-refractivity contribution < 1.29 is 14.3 Å². The summed E-state index contributed by atoms with van der Waals surface area (Å²) in [7, 11) is 0. The molecule has 0 aromatic rings. The molecule has 0 aliphatic carbocycles. The van der Waals surface area contributed by atoms with Gasteiger partial charge in [-0.1, -0.05) is 19.3 Å². The standard InChI is InChI=1S/C13H23NO3/c1-13(2,3)17-12(16)10-8-6-4-5-7-9-11(15)14-10/h10H,4-9H2,1-3H3,(H,14,15). The number of esters is 1. The predicted molar refractivity (Wildman–Crippen MR) is 65.5 cm³/mol. The number of rotatable bonds is 1. The highest BCUT2D eigenvalue weighted by atomic mass is 16.6. The zero-order valence-corrected chi connectivity index (χ0v) is 11.0. The van der Waals surface area contributed by atoms with Crippen LogP contribution in [0.3, 0.4) is 0 Å². The van der Waals surface area contributed by atoms with Gasteiger partial charge in [-0.05, 0) is 33.6 Å². The van der Waals surface area contributed by atoms with Crippen molar-refractivity contribution in [3.05, 3.63) is 0 Å². The lowest BCUT2D eigenvalue weighted by molar-refractivity contribution is -0.158. The van der Waals surface area contributed by atoms with Crippen molar-refractivity contribution in [1.82, 2.24) is 5.32 Å². The Morgan fingerprint density at radius 3 is 2.53 bits per heavy atom. The van der Waals surface area contributed by atoms with Crippen LogP contribution in [0.15, 0.2) is 0 Å². The van der Waals surface area contributed by atoms with Gasteiger partial charge in [0, 0.05) is 6.42 Å². The van der Waals surface area contributed by atoms with E-state index in [2.05, 4.69) is 5.32 Å². The lowest BCUT2D eigenvalue weighted by atomic mass is 10.1. The summed E-state index contributed by atoms with van der Waals surface area (Å²) in [6.45, 7) is 5.51. The van der Waals surface area contributed by atoms with E-state index >= 15 is 0 Å². The summed E-state index contributed by atoms with van der Waals surface area (Å²) in [5, 5.41) is 2.77. The molecule has 1 atom stereocenters. The van der Waals surface area contributed by atoms with Crippen molar-refractivity contribution in [3.63, 3.8) is 0 Å². The van der Waals surface area contributed by atoms with Gasteiger partial charge in [0.05, 0.1) is 0 Å². The lowest BCUT2D eigenvalue weighted by Gasteiger charge is -2.24. The lowest BCUT2D eigenvalue weighted by Crippen LogP contribution is -2.43. The van der Waals surface area contributed by atoms with Crippen molar-refractivity contribution in [2.75, 3.05) is 0 Å². The van der Waals surface area contributed by atoms with Gasteiger partial charge in [0.25, 0.3) is 0 Å². The van der Waals surface area contributed by atoms with Crippen LogP contribution in [0.2, 0.25) is 0 Å². The second kappa shape index (κ2) is 6.03. The molecule has 17 heavy (non-hydrogen) atoms. The molecule has 98 valence electrons. The molecule has 4 heteroatoms. The normalized spacial score (nSPS) is 23.0. The molecule has 1 aliphatic rings. The van der Waals surface area contributed by atoms with Gasteiger partial charge in [0.2, 0.25) is 5.91 Å². The fourth-order valence-corrected chi connectivity index (χ4v) is 1.88.